The number of piperidine rings is 1. The van der Waals surface area contributed by atoms with Gasteiger partial charge < -0.3 is 14.7 Å². The molecule has 6 nitrogen and oxygen atoms in total. The number of likely N-dealkylation sites (N-methyl/N-ethyl adjacent to an activating group) is 1. The number of likely N-dealkylation sites (tertiary alicyclic amines) is 1. The Morgan fingerprint density at radius 1 is 1.19 bits per heavy atom. The maximum absolute atomic E-state index is 12.9. The summed E-state index contributed by atoms with van der Waals surface area (Å²) < 4.78 is 6.19. The van der Waals surface area contributed by atoms with Crippen molar-refractivity contribution in [2.75, 3.05) is 26.2 Å². The van der Waals surface area contributed by atoms with Gasteiger partial charge in [-0.25, -0.2) is 0 Å². The molecule has 1 saturated carbocycles. The van der Waals surface area contributed by atoms with E-state index in [-0.39, 0.29) is 30.7 Å². The minimum atomic E-state index is -0.786. The molecule has 1 aliphatic carbocycles. The van der Waals surface area contributed by atoms with E-state index in [2.05, 4.69) is 6.92 Å². The Morgan fingerprint density at radius 3 is 2.42 bits per heavy atom. The van der Waals surface area contributed by atoms with Gasteiger partial charge in [0.1, 0.15) is 6.10 Å². The number of nitrogens with zero attached hydrogens (tertiary/aromatic N) is 2. The second-order valence-electron chi connectivity index (χ2n) is 7.94. The number of ether oxygens (including phenoxy) is 1. The maximum atomic E-state index is 12.9. The Bertz CT molecular complexity index is 463. The van der Waals surface area contributed by atoms with Gasteiger partial charge in [-0.1, -0.05) is 33.6 Å². The zero-order chi connectivity index (χ0) is 19.1. The number of hydrogen-bond donors (Lipinski definition) is 1. The molecule has 2 aliphatic rings. The second kappa shape index (κ2) is 10.3. The van der Waals surface area contributed by atoms with Crippen LogP contribution in [0.15, 0.2) is 0 Å². The molecular formula is C20H36N2O4. The van der Waals surface area contributed by atoms with Crippen LogP contribution in [-0.4, -0.2) is 71.2 Å². The molecule has 0 radical (unpaired) electrons. The standard InChI is InChI=1S/C20H36N2O4/c1-4-18(26-17-8-6-7-15(3)13-17)20(25)22-11-9-16(10-12-22)21(5-2)14-19(23)24/h15-18H,4-14H2,1-3H3,(H,23,24). The predicted molar refractivity (Wildman–Crippen MR) is 101 cm³/mol. The summed E-state index contributed by atoms with van der Waals surface area (Å²) in [6.45, 7) is 8.47. The van der Waals surface area contributed by atoms with Crippen molar-refractivity contribution in [3.63, 3.8) is 0 Å². The minimum Gasteiger partial charge on any atom is -0.480 e. The van der Waals surface area contributed by atoms with E-state index in [0.29, 0.717) is 25.4 Å². The topological polar surface area (TPSA) is 70.1 Å². The van der Waals surface area contributed by atoms with Crippen molar-refractivity contribution < 1.29 is 19.4 Å². The highest BCUT2D eigenvalue weighted by Crippen LogP contribution is 2.27. The molecule has 0 spiro atoms. The fourth-order valence-corrected chi connectivity index (χ4v) is 4.39. The molecule has 2 fully saturated rings. The fraction of sp³-hybridized carbons (Fsp3) is 0.900. The van der Waals surface area contributed by atoms with Crippen molar-refractivity contribution in [1.29, 1.82) is 0 Å². The largest absolute Gasteiger partial charge is 0.480 e. The summed E-state index contributed by atoms with van der Waals surface area (Å²) >= 11 is 0. The van der Waals surface area contributed by atoms with Gasteiger partial charge in [0.15, 0.2) is 0 Å². The van der Waals surface area contributed by atoms with E-state index in [1.807, 2.05) is 23.6 Å². The van der Waals surface area contributed by atoms with Crippen LogP contribution in [0, 0.1) is 5.92 Å². The fourth-order valence-electron chi connectivity index (χ4n) is 4.39. The highest BCUT2D eigenvalue weighted by molar-refractivity contribution is 5.81. The van der Waals surface area contributed by atoms with Gasteiger partial charge in [0, 0.05) is 19.1 Å². The van der Waals surface area contributed by atoms with E-state index >= 15 is 0 Å². The number of carboxylic acid groups (broad SMARTS) is 1. The van der Waals surface area contributed by atoms with Crippen LogP contribution in [0.5, 0.6) is 0 Å². The van der Waals surface area contributed by atoms with Gasteiger partial charge in [0.25, 0.3) is 5.91 Å². The Labute approximate surface area is 157 Å². The summed E-state index contributed by atoms with van der Waals surface area (Å²) in [7, 11) is 0. The van der Waals surface area contributed by atoms with Gasteiger partial charge in [0.05, 0.1) is 12.6 Å². The molecule has 6 heteroatoms. The van der Waals surface area contributed by atoms with Crippen molar-refractivity contribution in [2.24, 2.45) is 5.92 Å². The van der Waals surface area contributed by atoms with Crippen LogP contribution in [-0.2, 0) is 14.3 Å². The van der Waals surface area contributed by atoms with Crippen LogP contribution in [0.1, 0.15) is 65.7 Å². The number of amides is 1. The summed E-state index contributed by atoms with van der Waals surface area (Å²) in [6.07, 6.45) is 6.86. The van der Waals surface area contributed by atoms with Crippen LogP contribution >= 0.6 is 0 Å². The smallest absolute Gasteiger partial charge is 0.317 e. The Kier molecular flexibility index (Phi) is 8.35. The number of carbonyl (C=O) groups is 2. The van der Waals surface area contributed by atoms with E-state index in [0.717, 1.165) is 32.2 Å². The first-order chi connectivity index (χ1) is 12.4. The van der Waals surface area contributed by atoms with Gasteiger partial charge in [-0.05, 0) is 44.6 Å². The second-order valence-corrected chi connectivity index (χ2v) is 7.94. The first-order valence-corrected chi connectivity index (χ1v) is 10.3. The van der Waals surface area contributed by atoms with Crippen LogP contribution in [0.25, 0.3) is 0 Å². The SMILES string of the molecule is CCC(OC1CCCC(C)C1)C(=O)N1CCC(N(CC)CC(=O)O)CC1. The molecule has 0 aromatic heterocycles. The molecule has 2 rings (SSSR count). The zero-order valence-corrected chi connectivity index (χ0v) is 16.7. The summed E-state index contributed by atoms with van der Waals surface area (Å²) in [5.74, 6) is 0.0170. The molecule has 1 amide bonds. The van der Waals surface area contributed by atoms with Crippen molar-refractivity contribution in [3.05, 3.63) is 0 Å². The molecular weight excluding hydrogens is 332 g/mol. The molecule has 3 unspecified atom stereocenters. The molecule has 1 aliphatic heterocycles. The van der Waals surface area contributed by atoms with E-state index in [9.17, 15) is 9.59 Å². The lowest BCUT2D eigenvalue weighted by Gasteiger charge is -2.39. The molecule has 0 aromatic rings. The Morgan fingerprint density at radius 2 is 1.88 bits per heavy atom. The lowest BCUT2D eigenvalue weighted by Crippen LogP contribution is -2.50. The number of hydrogen-bond acceptors (Lipinski definition) is 4. The first-order valence-electron chi connectivity index (χ1n) is 10.3. The Balaban J connectivity index is 1.84. The lowest BCUT2D eigenvalue weighted by molar-refractivity contribution is -0.152. The molecule has 0 aromatic carbocycles. The van der Waals surface area contributed by atoms with Crippen molar-refractivity contribution in [3.8, 4) is 0 Å². The normalized spacial score (nSPS) is 26.1. The van der Waals surface area contributed by atoms with Crippen molar-refractivity contribution in [1.82, 2.24) is 9.80 Å². The summed E-state index contributed by atoms with van der Waals surface area (Å²) in [6, 6.07) is 0.250. The highest BCUT2D eigenvalue weighted by atomic mass is 16.5. The van der Waals surface area contributed by atoms with Crippen molar-refractivity contribution in [2.45, 2.75) is 84.0 Å². The van der Waals surface area contributed by atoms with Gasteiger partial charge in [-0.15, -0.1) is 0 Å². The van der Waals surface area contributed by atoms with Crippen LogP contribution < -0.4 is 0 Å². The third kappa shape index (κ3) is 5.95. The number of rotatable bonds is 8. The number of carboxylic acids is 1. The summed E-state index contributed by atoms with van der Waals surface area (Å²) in [5, 5.41) is 9.04. The van der Waals surface area contributed by atoms with E-state index < -0.39 is 5.97 Å². The number of carbonyl (C=O) groups excluding carboxylic acids is 1. The molecule has 1 heterocycles. The Hall–Kier alpha value is -1.14. The predicted octanol–water partition coefficient (Wildman–Crippen LogP) is 2.76. The third-order valence-corrected chi connectivity index (χ3v) is 5.93. The highest BCUT2D eigenvalue weighted by Gasteiger charge is 2.32. The van der Waals surface area contributed by atoms with Gasteiger partial charge in [-0.3, -0.25) is 14.5 Å². The molecule has 1 N–H and O–H groups in total. The van der Waals surface area contributed by atoms with Crippen LogP contribution in [0.3, 0.4) is 0 Å². The third-order valence-electron chi connectivity index (χ3n) is 5.93. The first kappa shape index (κ1) is 21.2. The van der Waals surface area contributed by atoms with Gasteiger partial charge >= 0.3 is 5.97 Å². The van der Waals surface area contributed by atoms with Gasteiger partial charge in [-0.2, -0.15) is 0 Å². The molecule has 1 saturated heterocycles. The monoisotopic (exact) mass is 368 g/mol. The van der Waals surface area contributed by atoms with Gasteiger partial charge in [0.2, 0.25) is 0 Å². The van der Waals surface area contributed by atoms with Crippen molar-refractivity contribution >= 4 is 11.9 Å². The summed E-state index contributed by atoms with van der Waals surface area (Å²) in [4.78, 5) is 27.8. The number of aliphatic carboxylic acids is 1. The average molecular weight is 369 g/mol. The van der Waals surface area contributed by atoms with E-state index in [1.54, 1.807) is 0 Å². The molecule has 26 heavy (non-hydrogen) atoms. The van der Waals surface area contributed by atoms with Crippen LogP contribution in [0.4, 0.5) is 0 Å². The van der Waals surface area contributed by atoms with E-state index in [4.69, 9.17) is 9.84 Å². The molecule has 150 valence electrons. The quantitative estimate of drug-likeness (QED) is 0.713. The summed E-state index contributed by atoms with van der Waals surface area (Å²) in [5.41, 5.74) is 0. The minimum absolute atomic E-state index is 0.0790. The maximum Gasteiger partial charge on any atom is 0.317 e. The lowest BCUT2D eigenvalue weighted by atomic mass is 9.88. The zero-order valence-electron chi connectivity index (χ0n) is 16.7. The van der Waals surface area contributed by atoms with Crippen LogP contribution in [0.2, 0.25) is 0 Å². The molecule has 3 atom stereocenters. The average Bonchev–Trinajstić information content (AvgIpc) is 2.63. The van der Waals surface area contributed by atoms with E-state index in [1.165, 1.54) is 12.8 Å². The molecule has 0 bridgehead atoms.